The van der Waals surface area contributed by atoms with E-state index < -0.39 is 63.2 Å². The van der Waals surface area contributed by atoms with E-state index in [9.17, 15) is 27.6 Å². The van der Waals surface area contributed by atoms with Crippen LogP contribution in [0.3, 0.4) is 0 Å². The molecule has 2 aliphatic heterocycles. The largest absolute Gasteiger partial charge is 0.436 e. The molecule has 1 saturated carbocycles. The minimum Gasteiger partial charge on any atom is -0.436 e. The van der Waals surface area contributed by atoms with Crippen LogP contribution in [0, 0.1) is 5.92 Å². The summed E-state index contributed by atoms with van der Waals surface area (Å²) in [5.74, 6) is -2.28. The van der Waals surface area contributed by atoms with Crippen molar-refractivity contribution >= 4 is 45.4 Å². The highest BCUT2D eigenvalue weighted by molar-refractivity contribution is 7.91. The van der Waals surface area contributed by atoms with Gasteiger partial charge in [0.2, 0.25) is 5.91 Å². The summed E-state index contributed by atoms with van der Waals surface area (Å²) in [4.78, 5) is 56.8. The zero-order chi connectivity index (χ0) is 33.0. The number of rotatable bonds is 6. The lowest BCUT2D eigenvalue weighted by Crippen LogP contribution is -2.57. The Morgan fingerprint density at radius 1 is 1.04 bits per heavy atom. The maximum atomic E-state index is 13.7. The van der Waals surface area contributed by atoms with Crippen molar-refractivity contribution in [1.82, 2.24) is 20.3 Å². The first kappa shape index (κ1) is 34.1. The van der Waals surface area contributed by atoms with Crippen molar-refractivity contribution in [2.75, 3.05) is 30.3 Å². The Kier molecular flexibility index (Phi) is 10.4. The number of hydrogen-bond donors (Lipinski definition) is 4. The van der Waals surface area contributed by atoms with Gasteiger partial charge >= 0.3 is 16.3 Å². The van der Waals surface area contributed by atoms with Gasteiger partial charge in [0, 0.05) is 37.8 Å². The van der Waals surface area contributed by atoms with Gasteiger partial charge in [0.15, 0.2) is 6.10 Å². The van der Waals surface area contributed by atoms with Crippen molar-refractivity contribution < 1.29 is 32.3 Å². The average Bonchev–Trinajstić information content (AvgIpc) is 3.39. The molecule has 0 radical (unpaired) electrons. The SMILES string of the molecule is CN(C)c1ccc(NS(=O)(=O)NC(=O)[C@@]23C[C@H]2C=CCCCCC[C@H](OC(=O)NC(C)(C)C)C(=O)N2CCC[C@H]2C(=O)N3)cc1. The molecule has 13 nitrogen and oxygen atoms in total. The number of ether oxygens (including phenoxy) is 1. The number of carbonyl (C=O) groups is 4. The van der Waals surface area contributed by atoms with E-state index in [0.29, 0.717) is 38.6 Å². The molecule has 2 fully saturated rings. The lowest BCUT2D eigenvalue weighted by molar-refractivity contribution is -0.146. The summed E-state index contributed by atoms with van der Waals surface area (Å²) >= 11 is 0. The Labute approximate surface area is 265 Å². The average molecular weight is 647 g/mol. The molecule has 4 N–H and O–H groups in total. The number of hydrogen-bond acceptors (Lipinski definition) is 8. The molecule has 45 heavy (non-hydrogen) atoms. The van der Waals surface area contributed by atoms with Gasteiger partial charge in [-0.2, -0.15) is 8.42 Å². The number of amides is 4. The summed E-state index contributed by atoms with van der Waals surface area (Å²) in [6, 6.07) is 5.75. The van der Waals surface area contributed by atoms with E-state index in [4.69, 9.17) is 4.74 Å². The van der Waals surface area contributed by atoms with E-state index in [-0.39, 0.29) is 12.1 Å². The van der Waals surface area contributed by atoms with Crippen molar-refractivity contribution in [2.24, 2.45) is 5.92 Å². The molecule has 1 aliphatic carbocycles. The highest BCUT2D eigenvalue weighted by atomic mass is 32.2. The Balaban J connectivity index is 1.52. The van der Waals surface area contributed by atoms with Crippen LogP contribution in [0.25, 0.3) is 0 Å². The molecule has 2 heterocycles. The van der Waals surface area contributed by atoms with Crippen LogP contribution in [0.5, 0.6) is 0 Å². The fraction of sp³-hybridized carbons (Fsp3) is 0.613. The van der Waals surface area contributed by atoms with Gasteiger partial charge in [0.25, 0.3) is 11.8 Å². The Morgan fingerprint density at radius 2 is 1.76 bits per heavy atom. The molecular formula is C31H46N6O7S. The molecule has 4 atom stereocenters. The van der Waals surface area contributed by atoms with E-state index >= 15 is 0 Å². The second kappa shape index (κ2) is 13.7. The monoisotopic (exact) mass is 646 g/mol. The van der Waals surface area contributed by atoms with E-state index in [2.05, 4.69) is 20.1 Å². The molecular weight excluding hydrogens is 600 g/mol. The smallest absolute Gasteiger partial charge is 0.408 e. The first-order valence-corrected chi connectivity index (χ1v) is 17.0. The van der Waals surface area contributed by atoms with Gasteiger partial charge in [-0.1, -0.05) is 18.6 Å². The fourth-order valence-corrected chi connectivity index (χ4v) is 6.64. The maximum Gasteiger partial charge on any atom is 0.408 e. The number of benzene rings is 1. The van der Waals surface area contributed by atoms with Crippen LogP contribution >= 0.6 is 0 Å². The number of nitrogens with one attached hydrogen (secondary N) is 4. The van der Waals surface area contributed by atoms with E-state index in [1.54, 1.807) is 24.3 Å². The minimum atomic E-state index is -4.33. The maximum absolute atomic E-state index is 13.7. The van der Waals surface area contributed by atoms with Crippen molar-refractivity contribution in [1.29, 1.82) is 0 Å². The summed E-state index contributed by atoms with van der Waals surface area (Å²) in [6.07, 6.45) is 6.41. The topological polar surface area (TPSA) is 166 Å². The molecule has 3 aliphatic rings. The number of nitrogens with zero attached hydrogens (tertiary/aromatic N) is 2. The third-order valence-electron chi connectivity index (χ3n) is 8.17. The highest BCUT2D eigenvalue weighted by Crippen LogP contribution is 2.45. The van der Waals surface area contributed by atoms with Crippen molar-refractivity contribution in [3.63, 3.8) is 0 Å². The number of fused-ring (bicyclic) bond motifs is 2. The van der Waals surface area contributed by atoms with Gasteiger partial charge in [0.1, 0.15) is 11.6 Å². The normalized spacial score (nSPS) is 25.9. The van der Waals surface area contributed by atoms with Gasteiger partial charge in [-0.15, -0.1) is 0 Å². The van der Waals surface area contributed by atoms with Gasteiger partial charge in [0.05, 0.1) is 5.69 Å². The Morgan fingerprint density at radius 3 is 2.42 bits per heavy atom. The molecule has 0 bridgehead atoms. The zero-order valence-corrected chi connectivity index (χ0v) is 27.5. The number of carbonyl (C=O) groups excluding carboxylic acids is 4. The minimum absolute atomic E-state index is 0.216. The van der Waals surface area contributed by atoms with Crippen LogP contribution < -0.4 is 25.0 Å². The number of allylic oxidation sites excluding steroid dienone is 1. The van der Waals surface area contributed by atoms with Crippen LogP contribution in [-0.4, -0.2) is 81.0 Å². The van der Waals surface area contributed by atoms with Gasteiger partial charge < -0.3 is 25.2 Å². The Bertz CT molecular complexity index is 1410. The molecule has 4 amide bonds. The third kappa shape index (κ3) is 8.89. The standard InChI is InChI=1S/C31H46N6O7S/c1-30(2,3)33-29(41)44-25-14-10-8-6-7-9-12-21-20-31(21,32-26(38)24-13-11-19-37(24)27(25)39)28(40)35-45(42,43)34-22-15-17-23(18-16-22)36(4)5/h9,12,15-18,21,24-25,34H,6-8,10-11,13-14,19-20H2,1-5H3,(H,32,38)(H,33,41)(H,35,40)/t21-,24+,25+,31-/m1/s1. The summed E-state index contributed by atoms with van der Waals surface area (Å²) in [5, 5.41) is 5.52. The predicted molar refractivity (Wildman–Crippen MR) is 171 cm³/mol. The predicted octanol–water partition coefficient (Wildman–Crippen LogP) is 2.81. The highest BCUT2D eigenvalue weighted by Gasteiger charge is 2.61. The van der Waals surface area contributed by atoms with Gasteiger partial charge in [-0.3, -0.25) is 19.1 Å². The Hall–Kier alpha value is -3.81. The summed E-state index contributed by atoms with van der Waals surface area (Å²) in [6.45, 7) is 5.72. The van der Waals surface area contributed by atoms with E-state index in [1.165, 1.54) is 4.90 Å². The first-order valence-electron chi connectivity index (χ1n) is 15.5. The second-order valence-corrected chi connectivity index (χ2v) is 14.7. The lowest BCUT2D eigenvalue weighted by atomic mass is 10.1. The molecule has 4 rings (SSSR count). The molecule has 0 unspecified atom stereocenters. The number of anilines is 2. The molecule has 248 valence electrons. The molecule has 0 aromatic heterocycles. The molecule has 0 spiro atoms. The van der Waals surface area contributed by atoms with E-state index in [0.717, 1.165) is 18.5 Å². The van der Waals surface area contributed by atoms with E-state index in [1.807, 2.05) is 51.9 Å². The van der Waals surface area contributed by atoms with Gasteiger partial charge in [-0.05, 0) is 90.0 Å². The second-order valence-electron chi connectivity index (χ2n) is 13.3. The van der Waals surface area contributed by atoms with Crippen LogP contribution in [0.1, 0.15) is 72.1 Å². The number of alkyl carbamates (subject to hydrolysis) is 1. The van der Waals surface area contributed by atoms with Gasteiger partial charge in [-0.25, -0.2) is 9.52 Å². The van der Waals surface area contributed by atoms with Crippen LogP contribution in [0.15, 0.2) is 36.4 Å². The zero-order valence-electron chi connectivity index (χ0n) is 26.7. The molecule has 1 saturated heterocycles. The lowest BCUT2D eigenvalue weighted by Gasteiger charge is -2.30. The van der Waals surface area contributed by atoms with Crippen LogP contribution in [0.4, 0.5) is 16.2 Å². The first-order chi connectivity index (χ1) is 21.1. The van der Waals surface area contributed by atoms with Crippen LogP contribution in [0.2, 0.25) is 0 Å². The summed E-state index contributed by atoms with van der Waals surface area (Å²) < 4.78 is 36.0. The molecule has 1 aromatic carbocycles. The fourth-order valence-electron chi connectivity index (χ4n) is 5.72. The molecule has 14 heteroatoms. The summed E-state index contributed by atoms with van der Waals surface area (Å²) in [5.41, 5.74) is -0.906. The third-order valence-corrected chi connectivity index (χ3v) is 9.13. The summed E-state index contributed by atoms with van der Waals surface area (Å²) in [7, 11) is -0.603. The molecule has 1 aromatic rings. The van der Waals surface area contributed by atoms with Crippen molar-refractivity contribution in [3.05, 3.63) is 36.4 Å². The van der Waals surface area contributed by atoms with Crippen molar-refractivity contribution in [3.8, 4) is 0 Å². The van der Waals surface area contributed by atoms with Crippen molar-refractivity contribution in [2.45, 2.75) is 95.4 Å². The van der Waals surface area contributed by atoms with Crippen LogP contribution in [-0.2, 0) is 29.3 Å². The quantitative estimate of drug-likeness (QED) is 0.343.